The zero-order chi connectivity index (χ0) is 22.9. The first kappa shape index (κ1) is 23.2. The molecule has 3 rings (SSSR count). The van der Waals surface area contributed by atoms with Crippen LogP contribution in [0, 0.1) is 0 Å². The fourth-order valence-electron chi connectivity index (χ4n) is 3.28. The lowest BCUT2D eigenvalue weighted by Gasteiger charge is -2.31. The van der Waals surface area contributed by atoms with Crippen molar-refractivity contribution in [3.8, 4) is 11.5 Å². The predicted molar refractivity (Wildman–Crippen MR) is 124 cm³/mol. The minimum atomic E-state index is -0.828. The summed E-state index contributed by atoms with van der Waals surface area (Å²) in [5.74, 6) is 0.469. The van der Waals surface area contributed by atoms with Gasteiger partial charge in [0.25, 0.3) is 5.91 Å². The molecule has 3 aromatic rings. The minimum absolute atomic E-state index is 0.210. The molecule has 3 aromatic carbocycles. The van der Waals surface area contributed by atoms with E-state index in [0.29, 0.717) is 22.1 Å². The lowest BCUT2D eigenvalue weighted by atomic mass is 10.0. The Labute approximate surface area is 192 Å². The first-order chi connectivity index (χ1) is 15.5. The lowest BCUT2D eigenvalue weighted by molar-refractivity contribution is -0.143. The number of amides is 2. The van der Waals surface area contributed by atoms with E-state index in [1.165, 1.54) is 4.90 Å². The Morgan fingerprint density at radius 3 is 2.25 bits per heavy atom. The quantitative estimate of drug-likeness (QED) is 0.527. The van der Waals surface area contributed by atoms with Gasteiger partial charge in [-0.25, -0.2) is 0 Å². The third-order valence-corrected chi connectivity index (χ3v) is 5.25. The Morgan fingerprint density at radius 2 is 1.62 bits per heavy atom. The Balaban J connectivity index is 1.91. The molecule has 0 aliphatic carbocycles. The largest absolute Gasteiger partial charge is 0.497 e. The van der Waals surface area contributed by atoms with Crippen molar-refractivity contribution in [2.75, 3.05) is 20.8 Å². The number of hydrogen-bond acceptors (Lipinski definition) is 4. The van der Waals surface area contributed by atoms with Crippen molar-refractivity contribution in [1.29, 1.82) is 0 Å². The molecular weight excluding hydrogens is 428 g/mol. The Hall–Kier alpha value is -3.51. The lowest BCUT2D eigenvalue weighted by Crippen LogP contribution is -2.44. The van der Waals surface area contributed by atoms with Gasteiger partial charge < -0.3 is 19.7 Å². The van der Waals surface area contributed by atoms with Crippen LogP contribution in [0.3, 0.4) is 0 Å². The molecule has 0 spiro atoms. The monoisotopic (exact) mass is 452 g/mol. The fourth-order valence-corrected chi connectivity index (χ4v) is 3.47. The van der Waals surface area contributed by atoms with E-state index in [9.17, 15) is 9.59 Å². The number of benzene rings is 3. The van der Waals surface area contributed by atoms with Crippen LogP contribution in [0.5, 0.6) is 11.5 Å². The van der Waals surface area contributed by atoms with E-state index in [2.05, 4.69) is 5.32 Å². The van der Waals surface area contributed by atoms with Crippen LogP contribution in [0.1, 0.15) is 17.2 Å². The van der Waals surface area contributed by atoms with Crippen LogP contribution in [0.2, 0.25) is 5.02 Å². The molecule has 0 saturated carbocycles. The van der Waals surface area contributed by atoms with Crippen molar-refractivity contribution in [3.63, 3.8) is 0 Å². The molecule has 0 bridgehead atoms. The van der Waals surface area contributed by atoms with Crippen LogP contribution in [0.25, 0.3) is 0 Å². The molecule has 0 radical (unpaired) electrons. The molecule has 0 aliphatic heterocycles. The molecule has 32 heavy (non-hydrogen) atoms. The predicted octanol–water partition coefficient (Wildman–Crippen LogP) is 4.24. The Bertz CT molecular complexity index is 1040. The molecule has 6 nitrogen and oxygen atoms in total. The first-order valence-corrected chi connectivity index (χ1v) is 10.5. The van der Waals surface area contributed by atoms with E-state index in [-0.39, 0.29) is 25.0 Å². The summed E-state index contributed by atoms with van der Waals surface area (Å²) < 4.78 is 10.9. The van der Waals surface area contributed by atoms with Crippen LogP contribution in [0.15, 0.2) is 78.9 Å². The maximum Gasteiger partial charge on any atom is 0.261 e. The van der Waals surface area contributed by atoms with Crippen LogP contribution >= 0.6 is 11.6 Å². The summed E-state index contributed by atoms with van der Waals surface area (Å²) in [4.78, 5) is 27.7. The highest BCUT2D eigenvalue weighted by molar-refractivity contribution is 6.32. The van der Waals surface area contributed by atoms with Crippen LogP contribution in [-0.4, -0.2) is 37.5 Å². The highest BCUT2D eigenvalue weighted by Crippen LogP contribution is 2.26. The standard InChI is InChI=1S/C25H25ClN2O4/c1-27-25(30)24(19-8-4-3-5-9-19)28(16-18-12-14-20(31-2)15-13-18)23(29)17-32-22-11-7-6-10-21(22)26/h3-15,24H,16-17H2,1-2H3,(H,27,30)/t24-/m0/s1. The molecule has 7 heteroatoms. The second-order valence-electron chi connectivity index (χ2n) is 7.02. The fraction of sp³-hybridized carbons (Fsp3) is 0.200. The smallest absolute Gasteiger partial charge is 0.261 e. The van der Waals surface area contributed by atoms with E-state index < -0.39 is 6.04 Å². The van der Waals surface area contributed by atoms with Crippen molar-refractivity contribution in [3.05, 3.63) is 95.0 Å². The van der Waals surface area contributed by atoms with Crippen molar-refractivity contribution in [2.24, 2.45) is 0 Å². The highest BCUT2D eigenvalue weighted by Gasteiger charge is 2.31. The highest BCUT2D eigenvalue weighted by atomic mass is 35.5. The topological polar surface area (TPSA) is 67.9 Å². The third-order valence-electron chi connectivity index (χ3n) is 4.94. The molecule has 0 aliphatic rings. The van der Waals surface area contributed by atoms with E-state index >= 15 is 0 Å². The molecule has 0 fully saturated rings. The summed E-state index contributed by atoms with van der Waals surface area (Å²) in [6.07, 6.45) is 0. The second kappa shape index (κ2) is 11.2. The number of hydrogen-bond donors (Lipinski definition) is 1. The van der Waals surface area contributed by atoms with Gasteiger partial charge in [-0.3, -0.25) is 9.59 Å². The minimum Gasteiger partial charge on any atom is -0.497 e. The normalized spacial score (nSPS) is 11.3. The summed E-state index contributed by atoms with van der Waals surface area (Å²) >= 11 is 6.15. The summed E-state index contributed by atoms with van der Waals surface area (Å²) in [5, 5.41) is 3.08. The average molecular weight is 453 g/mol. The Morgan fingerprint density at radius 1 is 0.969 bits per heavy atom. The Kier molecular flexibility index (Phi) is 8.11. The first-order valence-electron chi connectivity index (χ1n) is 10.1. The van der Waals surface area contributed by atoms with E-state index in [4.69, 9.17) is 21.1 Å². The van der Waals surface area contributed by atoms with Gasteiger partial charge in [0, 0.05) is 13.6 Å². The number of ether oxygens (including phenoxy) is 2. The van der Waals surface area contributed by atoms with Crippen molar-refractivity contribution in [1.82, 2.24) is 10.2 Å². The summed E-state index contributed by atoms with van der Waals surface area (Å²) in [6.45, 7) is -0.0537. The van der Waals surface area contributed by atoms with Gasteiger partial charge in [0.15, 0.2) is 6.61 Å². The zero-order valence-electron chi connectivity index (χ0n) is 18.0. The second-order valence-corrected chi connectivity index (χ2v) is 7.42. The summed E-state index contributed by atoms with van der Waals surface area (Å²) in [5.41, 5.74) is 1.55. The molecule has 0 heterocycles. The maximum atomic E-state index is 13.3. The molecule has 1 atom stereocenters. The number of para-hydroxylation sites is 1. The maximum absolute atomic E-state index is 13.3. The van der Waals surface area contributed by atoms with E-state index in [0.717, 1.165) is 5.56 Å². The molecule has 2 amide bonds. The van der Waals surface area contributed by atoms with Gasteiger partial charge >= 0.3 is 0 Å². The number of nitrogens with zero attached hydrogens (tertiary/aromatic N) is 1. The van der Waals surface area contributed by atoms with Gasteiger partial charge in [-0.2, -0.15) is 0 Å². The van der Waals surface area contributed by atoms with Gasteiger partial charge in [-0.05, 0) is 35.4 Å². The number of rotatable bonds is 9. The number of carbonyl (C=O) groups excluding carboxylic acids is 2. The van der Waals surface area contributed by atoms with E-state index in [1.807, 2.05) is 54.6 Å². The molecule has 0 aromatic heterocycles. The van der Waals surface area contributed by atoms with Crippen molar-refractivity contribution in [2.45, 2.75) is 12.6 Å². The summed E-state index contributed by atoms with van der Waals surface area (Å²) in [6, 6.07) is 22.6. The molecular formula is C25H25ClN2O4. The number of nitrogens with one attached hydrogen (secondary N) is 1. The summed E-state index contributed by atoms with van der Waals surface area (Å²) in [7, 11) is 3.14. The molecule has 1 N–H and O–H groups in total. The van der Waals surface area contributed by atoms with Gasteiger partial charge in [0.1, 0.15) is 17.5 Å². The molecule has 0 unspecified atom stereocenters. The van der Waals surface area contributed by atoms with E-state index in [1.54, 1.807) is 38.4 Å². The molecule has 0 saturated heterocycles. The molecule has 166 valence electrons. The number of likely N-dealkylation sites (N-methyl/N-ethyl adjacent to an activating group) is 1. The van der Waals surface area contributed by atoms with Gasteiger partial charge in [0.2, 0.25) is 5.91 Å². The zero-order valence-corrected chi connectivity index (χ0v) is 18.7. The van der Waals surface area contributed by atoms with Gasteiger partial charge in [-0.1, -0.05) is 66.2 Å². The number of methoxy groups -OCH3 is 1. The average Bonchev–Trinajstić information content (AvgIpc) is 2.83. The van der Waals surface area contributed by atoms with Crippen molar-refractivity contribution < 1.29 is 19.1 Å². The SMILES string of the molecule is CNC(=O)[C@H](c1ccccc1)N(Cc1ccc(OC)cc1)C(=O)COc1ccccc1Cl. The van der Waals surface area contributed by atoms with Crippen LogP contribution in [0.4, 0.5) is 0 Å². The van der Waals surface area contributed by atoms with Crippen LogP contribution in [-0.2, 0) is 16.1 Å². The van der Waals surface area contributed by atoms with Gasteiger partial charge in [0.05, 0.1) is 12.1 Å². The van der Waals surface area contributed by atoms with Gasteiger partial charge in [-0.15, -0.1) is 0 Å². The van der Waals surface area contributed by atoms with Crippen molar-refractivity contribution >= 4 is 23.4 Å². The number of halogens is 1. The number of carbonyl (C=O) groups is 2. The van der Waals surface area contributed by atoms with Crippen LogP contribution < -0.4 is 14.8 Å². The third kappa shape index (κ3) is 5.80.